The van der Waals surface area contributed by atoms with Gasteiger partial charge in [-0.2, -0.15) is 0 Å². The van der Waals surface area contributed by atoms with Crippen LogP contribution in [0.4, 0.5) is 0 Å². The molecule has 0 aromatic carbocycles. The molecule has 0 N–H and O–H groups in total. The van der Waals surface area contributed by atoms with Gasteiger partial charge < -0.3 is 14.2 Å². The van der Waals surface area contributed by atoms with Crippen molar-refractivity contribution in [2.75, 3.05) is 13.2 Å². The lowest BCUT2D eigenvalue weighted by Gasteiger charge is -2.18. The summed E-state index contributed by atoms with van der Waals surface area (Å²) in [6, 6.07) is 0. The molecule has 0 spiro atoms. The number of allylic oxidation sites excluding steroid dienone is 20. The molecule has 0 saturated carbocycles. The van der Waals surface area contributed by atoms with Crippen LogP contribution in [-0.4, -0.2) is 37.2 Å². The highest BCUT2D eigenvalue weighted by Crippen LogP contribution is 2.16. The zero-order valence-corrected chi connectivity index (χ0v) is 45.9. The maximum Gasteiger partial charge on any atom is 0.306 e. The van der Waals surface area contributed by atoms with Crippen LogP contribution in [0.1, 0.15) is 252 Å². The zero-order valence-electron chi connectivity index (χ0n) is 45.9. The lowest BCUT2D eigenvalue weighted by Crippen LogP contribution is -2.30. The standard InChI is InChI=1S/C65H106O6/c1-4-7-10-13-16-19-22-25-28-31-32-35-37-40-43-46-49-52-55-58-64(67)70-61-62(71-65(68)59-56-53-50-47-44-41-38-34-30-27-24-21-18-15-12-9-6-3)60-69-63(66)57-54-51-48-45-42-39-36-33-29-26-23-20-17-14-11-8-5-2/h8-9,11-12,17-18,20-21,26-27,29-30,36,38-39,41,45,47-48,50,62H,4-7,10,13-16,19,22-25,28,31-35,37,40,42-44,46,49,51-61H2,1-3H3/b11-8-,12-9-,20-17-,21-18-,29-26-,30-27-,39-36-,41-38-,48-45-,50-47-/t62-/m1/s1. The third-order valence-electron chi connectivity index (χ3n) is 12.0. The molecule has 0 unspecified atom stereocenters. The van der Waals surface area contributed by atoms with Gasteiger partial charge in [0.05, 0.1) is 0 Å². The summed E-state index contributed by atoms with van der Waals surface area (Å²) in [5.41, 5.74) is 0. The fourth-order valence-electron chi connectivity index (χ4n) is 7.69. The first-order chi connectivity index (χ1) is 35.0. The highest BCUT2D eigenvalue weighted by Gasteiger charge is 2.19. The van der Waals surface area contributed by atoms with E-state index < -0.39 is 6.10 Å². The largest absolute Gasteiger partial charge is 0.462 e. The summed E-state index contributed by atoms with van der Waals surface area (Å²) in [5.74, 6) is -1.04. The van der Waals surface area contributed by atoms with Crippen molar-refractivity contribution in [1.29, 1.82) is 0 Å². The van der Waals surface area contributed by atoms with Gasteiger partial charge in [-0.25, -0.2) is 0 Å². The first kappa shape index (κ1) is 66.8. The average molecular weight is 984 g/mol. The molecule has 0 amide bonds. The van der Waals surface area contributed by atoms with Crippen LogP contribution in [0.25, 0.3) is 0 Å². The maximum absolute atomic E-state index is 12.8. The molecular formula is C65H106O6. The van der Waals surface area contributed by atoms with Gasteiger partial charge in [-0.15, -0.1) is 0 Å². The van der Waals surface area contributed by atoms with Crippen molar-refractivity contribution >= 4 is 17.9 Å². The van der Waals surface area contributed by atoms with Crippen LogP contribution < -0.4 is 0 Å². The lowest BCUT2D eigenvalue weighted by atomic mass is 10.0. The minimum Gasteiger partial charge on any atom is -0.462 e. The van der Waals surface area contributed by atoms with Crippen LogP contribution in [0.2, 0.25) is 0 Å². The van der Waals surface area contributed by atoms with Crippen LogP contribution in [0.15, 0.2) is 122 Å². The van der Waals surface area contributed by atoms with Gasteiger partial charge >= 0.3 is 17.9 Å². The van der Waals surface area contributed by atoms with E-state index in [1.807, 2.05) is 0 Å². The molecule has 0 aliphatic heterocycles. The van der Waals surface area contributed by atoms with Gasteiger partial charge in [0.15, 0.2) is 6.10 Å². The van der Waals surface area contributed by atoms with Gasteiger partial charge in [0.2, 0.25) is 0 Å². The summed E-state index contributed by atoms with van der Waals surface area (Å²) in [6.45, 7) is 6.33. The molecule has 6 nitrogen and oxygen atoms in total. The molecule has 0 bridgehead atoms. The predicted molar refractivity (Wildman–Crippen MR) is 306 cm³/mol. The lowest BCUT2D eigenvalue weighted by molar-refractivity contribution is -0.167. The second kappa shape index (κ2) is 58.4. The number of hydrogen-bond acceptors (Lipinski definition) is 6. The molecule has 0 aromatic heterocycles. The summed E-state index contributed by atoms with van der Waals surface area (Å²) in [4.78, 5) is 38.1. The van der Waals surface area contributed by atoms with Crippen LogP contribution in [0.5, 0.6) is 0 Å². The third kappa shape index (κ3) is 56.6. The van der Waals surface area contributed by atoms with Crippen LogP contribution in [0, 0.1) is 0 Å². The molecule has 402 valence electrons. The molecule has 0 aliphatic carbocycles. The Morgan fingerprint density at radius 3 is 0.859 bits per heavy atom. The fourth-order valence-corrected chi connectivity index (χ4v) is 7.69. The summed E-state index contributed by atoms with van der Waals surface area (Å²) >= 11 is 0. The highest BCUT2D eigenvalue weighted by atomic mass is 16.6. The minimum atomic E-state index is -0.833. The first-order valence-corrected chi connectivity index (χ1v) is 29.0. The Balaban J connectivity index is 4.54. The van der Waals surface area contributed by atoms with Crippen molar-refractivity contribution in [3.05, 3.63) is 122 Å². The van der Waals surface area contributed by atoms with E-state index in [-0.39, 0.29) is 44.0 Å². The quantitative estimate of drug-likeness (QED) is 0.0261. The van der Waals surface area contributed by atoms with Gasteiger partial charge in [0, 0.05) is 19.3 Å². The van der Waals surface area contributed by atoms with Crippen molar-refractivity contribution in [3.8, 4) is 0 Å². The van der Waals surface area contributed by atoms with Gasteiger partial charge in [0.1, 0.15) is 13.2 Å². The Morgan fingerprint density at radius 1 is 0.296 bits per heavy atom. The number of ether oxygens (including phenoxy) is 3. The van der Waals surface area contributed by atoms with Gasteiger partial charge in [-0.05, 0) is 96.3 Å². The van der Waals surface area contributed by atoms with Gasteiger partial charge in [0.25, 0.3) is 0 Å². The maximum atomic E-state index is 12.8. The molecule has 71 heavy (non-hydrogen) atoms. The number of esters is 3. The minimum absolute atomic E-state index is 0.119. The SMILES string of the molecule is CC/C=C\C/C=C\C/C=C\C/C=C\C/C=C\CCCC(=O)OC[C@H](COC(=O)CCCCCCCCCCCCCCCCCCCCC)OC(=O)CCC/C=C\C/C=C\C/C=C\C/C=C\C/C=C\CC. The zero-order chi connectivity index (χ0) is 51.4. The Bertz CT molecular complexity index is 1500. The highest BCUT2D eigenvalue weighted by molar-refractivity contribution is 5.71. The Morgan fingerprint density at radius 2 is 0.549 bits per heavy atom. The smallest absolute Gasteiger partial charge is 0.306 e. The van der Waals surface area contributed by atoms with E-state index in [1.165, 1.54) is 103 Å². The van der Waals surface area contributed by atoms with E-state index in [0.717, 1.165) is 96.3 Å². The van der Waals surface area contributed by atoms with E-state index in [1.54, 1.807) is 0 Å². The van der Waals surface area contributed by atoms with Crippen LogP contribution in [0.3, 0.4) is 0 Å². The van der Waals surface area contributed by atoms with E-state index in [4.69, 9.17) is 14.2 Å². The van der Waals surface area contributed by atoms with Crippen LogP contribution in [-0.2, 0) is 28.6 Å². The molecular weight excluding hydrogens is 877 g/mol. The Kier molecular flexibility index (Phi) is 54.9. The topological polar surface area (TPSA) is 78.9 Å². The fraction of sp³-hybridized carbons (Fsp3) is 0.646. The number of unbranched alkanes of at least 4 members (excludes halogenated alkanes) is 20. The number of carbonyl (C=O) groups is 3. The summed E-state index contributed by atoms with van der Waals surface area (Å²) in [5, 5.41) is 0. The third-order valence-corrected chi connectivity index (χ3v) is 12.0. The molecule has 0 fully saturated rings. The van der Waals surface area contributed by atoms with Gasteiger partial charge in [-0.3, -0.25) is 14.4 Å². The number of carbonyl (C=O) groups excluding carboxylic acids is 3. The molecule has 1 atom stereocenters. The second-order valence-corrected chi connectivity index (χ2v) is 18.8. The molecule has 0 aromatic rings. The molecule has 0 heterocycles. The number of rotatable bonds is 51. The van der Waals surface area contributed by atoms with Gasteiger partial charge in [-0.1, -0.05) is 258 Å². The monoisotopic (exact) mass is 983 g/mol. The summed E-state index contributed by atoms with van der Waals surface area (Å²) < 4.78 is 16.8. The summed E-state index contributed by atoms with van der Waals surface area (Å²) in [7, 11) is 0. The van der Waals surface area contributed by atoms with Crippen molar-refractivity contribution in [2.45, 2.75) is 258 Å². The van der Waals surface area contributed by atoms with Crippen LogP contribution >= 0.6 is 0 Å². The van der Waals surface area contributed by atoms with Crippen molar-refractivity contribution in [3.63, 3.8) is 0 Å². The average Bonchev–Trinajstić information content (AvgIpc) is 3.37. The van der Waals surface area contributed by atoms with Crippen molar-refractivity contribution in [2.24, 2.45) is 0 Å². The Hall–Kier alpha value is -4.19. The predicted octanol–water partition coefficient (Wildman–Crippen LogP) is 19.6. The molecule has 0 radical (unpaired) electrons. The molecule has 0 saturated heterocycles. The molecule has 6 heteroatoms. The first-order valence-electron chi connectivity index (χ1n) is 29.0. The van der Waals surface area contributed by atoms with E-state index in [2.05, 4.69) is 142 Å². The molecule has 0 aliphatic rings. The Labute approximate surface area is 437 Å². The van der Waals surface area contributed by atoms with E-state index >= 15 is 0 Å². The van der Waals surface area contributed by atoms with E-state index in [9.17, 15) is 14.4 Å². The normalized spacial score (nSPS) is 13.0. The van der Waals surface area contributed by atoms with Crippen molar-refractivity contribution < 1.29 is 28.6 Å². The molecule has 0 rings (SSSR count). The van der Waals surface area contributed by atoms with Crippen molar-refractivity contribution in [1.82, 2.24) is 0 Å². The number of hydrogen-bond donors (Lipinski definition) is 0. The van der Waals surface area contributed by atoms with E-state index in [0.29, 0.717) is 19.3 Å². The second-order valence-electron chi connectivity index (χ2n) is 18.8. The summed E-state index contributed by atoms with van der Waals surface area (Å²) in [6.07, 6.45) is 80.6.